The van der Waals surface area contributed by atoms with Crippen molar-refractivity contribution in [1.82, 2.24) is 9.88 Å². The molecule has 1 aromatic heterocycles. The van der Waals surface area contributed by atoms with Gasteiger partial charge in [-0.2, -0.15) is 0 Å². The molecule has 1 heterocycles. The van der Waals surface area contributed by atoms with Gasteiger partial charge in [-0.15, -0.1) is 0 Å². The van der Waals surface area contributed by atoms with Gasteiger partial charge in [0.25, 0.3) is 5.91 Å². The smallest absolute Gasteiger partial charge is 0.255 e. The molecule has 0 aliphatic carbocycles. The molecule has 2 N–H and O–H groups in total. The SMILES string of the molecule is CN(C)CCCc1ccccc1Nc1ccncc1NC(=O)c1ccccc1. The highest BCUT2D eigenvalue weighted by Gasteiger charge is 2.10. The molecule has 0 unspecified atom stereocenters. The third-order valence-electron chi connectivity index (χ3n) is 4.44. The Hall–Kier alpha value is -3.18. The summed E-state index contributed by atoms with van der Waals surface area (Å²) in [5, 5.41) is 6.42. The average molecular weight is 374 g/mol. The van der Waals surface area contributed by atoms with Crippen LogP contribution in [0.4, 0.5) is 17.1 Å². The second-order valence-electron chi connectivity index (χ2n) is 6.93. The number of aromatic nitrogens is 1. The minimum Gasteiger partial charge on any atom is -0.354 e. The van der Waals surface area contributed by atoms with Crippen LogP contribution in [0.2, 0.25) is 0 Å². The predicted octanol–water partition coefficient (Wildman–Crippen LogP) is 4.57. The molecule has 3 rings (SSSR count). The minimum absolute atomic E-state index is 0.157. The standard InChI is InChI=1S/C23H26N4O/c1-27(2)16-8-12-18-9-6-7-13-20(18)25-21-14-15-24-17-22(21)26-23(28)19-10-4-3-5-11-19/h3-7,9-11,13-15,17H,8,12,16H2,1-2H3,(H,24,25)(H,26,28). The zero-order valence-electron chi connectivity index (χ0n) is 16.4. The summed E-state index contributed by atoms with van der Waals surface area (Å²) in [5.41, 5.74) is 4.38. The van der Waals surface area contributed by atoms with E-state index in [2.05, 4.69) is 52.8 Å². The van der Waals surface area contributed by atoms with Crippen LogP contribution in [0.15, 0.2) is 73.1 Å². The summed E-state index contributed by atoms with van der Waals surface area (Å²) >= 11 is 0. The highest BCUT2D eigenvalue weighted by molar-refractivity contribution is 6.05. The first-order chi connectivity index (χ1) is 13.6. The van der Waals surface area contributed by atoms with Crippen molar-refractivity contribution in [1.29, 1.82) is 0 Å². The maximum atomic E-state index is 12.5. The number of anilines is 3. The number of aryl methyl sites for hydroxylation is 1. The van der Waals surface area contributed by atoms with Crippen molar-refractivity contribution in [3.63, 3.8) is 0 Å². The quantitative estimate of drug-likeness (QED) is 0.606. The van der Waals surface area contributed by atoms with Gasteiger partial charge in [0, 0.05) is 17.4 Å². The van der Waals surface area contributed by atoms with E-state index in [0.717, 1.165) is 30.8 Å². The summed E-state index contributed by atoms with van der Waals surface area (Å²) in [7, 11) is 4.17. The summed E-state index contributed by atoms with van der Waals surface area (Å²) in [6.45, 7) is 1.04. The highest BCUT2D eigenvalue weighted by atomic mass is 16.1. The normalized spacial score (nSPS) is 10.7. The minimum atomic E-state index is -0.157. The van der Waals surface area contributed by atoms with Crippen molar-refractivity contribution in [3.8, 4) is 0 Å². The van der Waals surface area contributed by atoms with Crippen molar-refractivity contribution in [3.05, 3.63) is 84.2 Å². The molecule has 0 saturated heterocycles. The molecule has 1 amide bonds. The Morgan fingerprint density at radius 3 is 2.46 bits per heavy atom. The lowest BCUT2D eigenvalue weighted by Crippen LogP contribution is -2.14. The van der Waals surface area contributed by atoms with Crippen LogP contribution in [0.1, 0.15) is 22.3 Å². The van der Waals surface area contributed by atoms with Crippen LogP contribution >= 0.6 is 0 Å². The topological polar surface area (TPSA) is 57.3 Å². The van der Waals surface area contributed by atoms with Crippen LogP contribution in [0.25, 0.3) is 0 Å². The zero-order valence-corrected chi connectivity index (χ0v) is 16.4. The number of rotatable bonds is 8. The van der Waals surface area contributed by atoms with Crippen LogP contribution in [-0.2, 0) is 6.42 Å². The van der Waals surface area contributed by atoms with E-state index in [0.29, 0.717) is 11.3 Å². The van der Waals surface area contributed by atoms with Gasteiger partial charge in [-0.3, -0.25) is 9.78 Å². The first-order valence-electron chi connectivity index (χ1n) is 9.43. The van der Waals surface area contributed by atoms with Crippen molar-refractivity contribution < 1.29 is 4.79 Å². The molecule has 0 spiro atoms. The molecule has 0 aliphatic heterocycles. The molecule has 3 aromatic rings. The number of para-hydroxylation sites is 1. The number of carbonyl (C=O) groups is 1. The molecule has 0 aliphatic rings. The number of hydrogen-bond donors (Lipinski definition) is 2. The van der Waals surface area contributed by atoms with Gasteiger partial charge in [0.15, 0.2) is 0 Å². The highest BCUT2D eigenvalue weighted by Crippen LogP contribution is 2.27. The van der Waals surface area contributed by atoms with E-state index in [-0.39, 0.29) is 5.91 Å². The second kappa shape index (κ2) is 9.67. The largest absolute Gasteiger partial charge is 0.354 e. The Balaban J connectivity index is 1.76. The summed E-state index contributed by atoms with van der Waals surface area (Å²) in [6, 6.07) is 19.3. The molecule has 2 aromatic carbocycles. The molecule has 0 bridgehead atoms. The van der Waals surface area contributed by atoms with Crippen LogP contribution < -0.4 is 10.6 Å². The Kier molecular flexibility index (Phi) is 6.76. The lowest BCUT2D eigenvalue weighted by atomic mass is 10.1. The van der Waals surface area contributed by atoms with Crippen LogP contribution in [-0.4, -0.2) is 36.4 Å². The van der Waals surface area contributed by atoms with Gasteiger partial charge < -0.3 is 15.5 Å². The summed E-state index contributed by atoms with van der Waals surface area (Å²) in [6.07, 6.45) is 5.45. The second-order valence-corrected chi connectivity index (χ2v) is 6.93. The Morgan fingerprint density at radius 2 is 1.68 bits per heavy atom. The Labute approximate surface area is 166 Å². The van der Waals surface area contributed by atoms with Gasteiger partial charge in [0.05, 0.1) is 17.6 Å². The van der Waals surface area contributed by atoms with E-state index in [1.165, 1.54) is 5.56 Å². The maximum Gasteiger partial charge on any atom is 0.255 e. The molecule has 0 saturated carbocycles. The van der Waals surface area contributed by atoms with Crippen molar-refractivity contribution in [2.75, 3.05) is 31.3 Å². The fourth-order valence-electron chi connectivity index (χ4n) is 2.98. The fourth-order valence-corrected chi connectivity index (χ4v) is 2.98. The summed E-state index contributed by atoms with van der Waals surface area (Å²) in [4.78, 5) is 18.9. The number of hydrogen-bond acceptors (Lipinski definition) is 4. The van der Waals surface area contributed by atoms with E-state index in [1.54, 1.807) is 24.5 Å². The van der Waals surface area contributed by atoms with Gasteiger partial charge in [-0.25, -0.2) is 0 Å². The van der Waals surface area contributed by atoms with Gasteiger partial charge in [0.2, 0.25) is 0 Å². The van der Waals surface area contributed by atoms with Crippen LogP contribution in [0.3, 0.4) is 0 Å². The average Bonchev–Trinajstić information content (AvgIpc) is 2.71. The predicted molar refractivity (Wildman–Crippen MR) is 115 cm³/mol. The monoisotopic (exact) mass is 374 g/mol. The first kappa shape index (κ1) is 19.6. The van der Waals surface area contributed by atoms with E-state index in [4.69, 9.17) is 0 Å². The van der Waals surface area contributed by atoms with E-state index < -0.39 is 0 Å². The van der Waals surface area contributed by atoms with E-state index >= 15 is 0 Å². The molecule has 0 fully saturated rings. The van der Waals surface area contributed by atoms with Gasteiger partial charge >= 0.3 is 0 Å². The molecular formula is C23H26N4O. The molecule has 144 valence electrons. The third-order valence-corrected chi connectivity index (χ3v) is 4.44. The molecule has 5 heteroatoms. The number of pyridine rings is 1. The lowest BCUT2D eigenvalue weighted by Gasteiger charge is -2.16. The summed E-state index contributed by atoms with van der Waals surface area (Å²) < 4.78 is 0. The number of nitrogens with zero attached hydrogens (tertiary/aromatic N) is 2. The van der Waals surface area contributed by atoms with E-state index in [1.807, 2.05) is 30.3 Å². The number of amides is 1. The first-order valence-corrected chi connectivity index (χ1v) is 9.43. The third kappa shape index (κ3) is 5.41. The van der Waals surface area contributed by atoms with Gasteiger partial charge in [-0.1, -0.05) is 36.4 Å². The maximum absolute atomic E-state index is 12.5. The van der Waals surface area contributed by atoms with Crippen molar-refractivity contribution in [2.24, 2.45) is 0 Å². The molecular weight excluding hydrogens is 348 g/mol. The van der Waals surface area contributed by atoms with Crippen LogP contribution in [0.5, 0.6) is 0 Å². The Bertz CT molecular complexity index is 909. The summed E-state index contributed by atoms with van der Waals surface area (Å²) in [5.74, 6) is -0.157. The Morgan fingerprint density at radius 1 is 0.929 bits per heavy atom. The molecule has 5 nitrogen and oxygen atoms in total. The number of benzene rings is 2. The van der Waals surface area contributed by atoms with E-state index in [9.17, 15) is 4.79 Å². The molecule has 0 radical (unpaired) electrons. The van der Waals surface area contributed by atoms with Crippen molar-refractivity contribution >= 4 is 23.0 Å². The molecule has 0 atom stereocenters. The number of carbonyl (C=O) groups excluding carboxylic acids is 1. The van der Waals surface area contributed by atoms with Gasteiger partial charge in [0.1, 0.15) is 0 Å². The number of nitrogens with one attached hydrogen (secondary N) is 2. The lowest BCUT2D eigenvalue weighted by molar-refractivity contribution is 0.102. The zero-order chi connectivity index (χ0) is 19.8. The van der Waals surface area contributed by atoms with Crippen molar-refractivity contribution in [2.45, 2.75) is 12.8 Å². The molecule has 28 heavy (non-hydrogen) atoms. The fraction of sp³-hybridized carbons (Fsp3) is 0.217. The van der Waals surface area contributed by atoms with Crippen LogP contribution in [0, 0.1) is 0 Å². The van der Waals surface area contributed by atoms with Gasteiger partial charge in [-0.05, 0) is 63.3 Å².